The van der Waals surface area contributed by atoms with E-state index in [0.29, 0.717) is 0 Å². The molecule has 1 aromatic rings. The zero-order chi connectivity index (χ0) is 10.1. The molecule has 14 heavy (non-hydrogen) atoms. The first-order valence-electron chi connectivity index (χ1n) is 4.25. The fraction of sp³-hybridized carbons (Fsp3) is 0.375. The van der Waals surface area contributed by atoms with Crippen LogP contribution in [0.1, 0.15) is 11.0 Å². The van der Waals surface area contributed by atoms with E-state index in [4.69, 9.17) is 0 Å². The monoisotopic (exact) mass is 212 g/mol. The predicted molar refractivity (Wildman–Crippen MR) is 54.3 cm³/mol. The summed E-state index contributed by atoms with van der Waals surface area (Å²) < 4.78 is 0. The van der Waals surface area contributed by atoms with E-state index < -0.39 is 0 Å². The zero-order valence-electron chi connectivity index (χ0n) is 8.02. The third kappa shape index (κ3) is 1.59. The number of hydrogen-bond donors (Lipinski definition) is 2. The summed E-state index contributed by atoms with van der Waals surface area (Å²) in [5, 5.41) is 4.96. The number of thiophene rings is 1. The van der Waals surface area contributed by atoms with Gasteiger partial charge in [-0.1, -0.05) is 6.07 Å². The number of carbonyl (C=O) groups excluding carboxylic acids is 1. The molecule has 0 radical (unpaired) electrons. The minimum atomic E-state index is -0.0993. The van der Waals surface area contributed by atoms with Crippen molar-refractivity contribution in [2.75, 3.05) is 14.1 Å². The maximum atomic E-state index is 11.4. The molecule has 6 heteroatoms. The highest BCUT2D eigenvalue weighted by molar-refractivity contribution is 7.10. The molecule has 5 nitrogen and oxygen atoms in total. The second-order valence-corrected chi connectivity index (χ2v) is 4.09. The van der Waals surface area contributed by atoms with Crippen LogP contribution in [-0.2, 0) is 0 Å². The lowest BCUT2D eigenvalue weighted by atomic mass is 10.4. The molecule has 0 saturated carbocycles. The van der Waals surface area contributed by atoms with Gasteiger partial charge in [0.05, 0.1) is 0 Å². The Kier molecular flexibility index (Phi) is 2.40. The highest BCUT2D eigenvalue weighted by Gasteiger charge is 2.27. The third-order valence-corrected chi connectivity index (χ3v) is 2.98. The van der Waals surface area contributed by atoms with Crippen molar-refractivity contribution in [3.63, 3.8) is 0 Å². The van der Waals surface area contributed by atoms with E-state index in [9.17, 15) is 4.79 Å². The van der Waals surface area contributed by atoms with Crippen LogP contribution < -0.4 is 10.9 Å². The highest BCUT2D eigenvalue weighted by atomic mass is 32.1. The Hall–Kier alpha value is -1.11. The topological polar surface area (TPSA) is 47.6 Å². The second kappa shape index (κ2) is 3.56. The second-order valence-electron chi connectivity index (χ2n) is 3.11. The van der Waals surface area contributed by atoms with Gasteiger partial charge in [0.15, 0.2) is 0 Å². The first-order chi connectivity index (χ1) is 6.68. The van der Waals surface area contributed by atoms with Gasteiger partial charge in [0.25, 0.3) is 0 Å². The summed E-state index contributed by atoms with van der Waals surface area (Å²) in [6.45, 7) is 0. The van der Waals surface area contributed by atoms with Gasteiger partial charge in [-0.05, 0) is 11.4 Å². The lowest BCUT2D eigenvalue weighted by Crippen LogP contribution is -2.62. The first-order valence-corrected chi connectivity index (χ1v) is 5.13. The number of urea groups is 1. The Labute approximate surface area is 86.2 Å². The maximum absolute atomic E-state index is 11.4. The smallest absolute Gasteiger partial charge is 0.260 e. The van der Waals surface area contributed by atoms with Crippen molar-refractivity contribution >= 4 is 17.4 Å². The van der Waals surface area contributed by atoms with Gasteiger partial charge in [-0.3, -0.25) is 10.0 Å². The van der Waals surface area contributed by atoms with Crippen LogP contribution >= 0.6 is 11.3 Å². The van der Waals surface area contributed by atoms with Gasteiger partial charge in [-0.2, -0.15) is 0 Å². The summed E-state index contributed by atoms with van der Waals surface area (Å²) in [6.07, 6.45) is -0.0253. The Balaban J connectivity index is 2.13. The number of hydrazine groups is 2. The van der Waals surface area contributed by atoms with E-state index in [1.807, 2.05) is 17.5 Å². The van der Waals surface area contributed by atoms with Crippen molar-refractivity contribution in [1.82, 2.24) is 20.9 Å². The fourth-order valence-corrected chi connectivity index (χ4v) is 2.05. The molecule has 2 rings (SSSR count). The van der Waals surface area contributed by atoms with E-state index in [2.05, 4.69) is 10.9 Å². The molecule has 0 aliphatic carbocycles. The lowest BCUT2D eigenvalue weighted by molar-refractivity contribution is 0.0591. The minimum absolute atomic E-state index is 0.0253. The van der Waals surface area contributed by atoms with E-state index in [-0.39, 0.29) is 12.2 Å². The quantitative estimate of drug-likeness (QED) is 0.722. The van der Waals surface area contributed by atoms with E-state index >= 15 is 0 Å². The molecular formula is C8H12N4OS. The van der Waals surface area contributed by atoms with Crippen molar-refractivity contribution in [2.45, 2.75) is 6.17 Å². The first kappa shape index (κ1) is 9.45. The van der Waals surface area contributed by atoms with Crippen LogP contribution in [0, 0.1) is 0 Å². The Morgan fingerprint density at radius 3 is 2.50 bits per heavy atom. The van der Waals surface area contributed by atoms with Gasteiger partial charge in [-0.25, -0.2) is 15.6 Å². The average Bonchev–Trinajstić information content (AvgIpc) is 2.66. The molecule has 0 bridgehead atoms. The third-order valence-electron chi connectivity index (χ3n) is 2.05. The van der Waals surface area contributed by atoms with Crippen molar-refractivity contribution < 1.29 is 4.79 Å². The van der Waals surface area contributed by atoms with Gasteiger partial charge in [-0.15, -0.1) is 11.3 Å². The summed E-state index contributed by atoms with van der Waals surface area (Å²) in [5.74, 6) is 0. The molecule has 0 spiro atoms. The zero-order valence-corrected chi connectivity index (χ0v) is 8.84. The number of nitrogens with zero attached hydrogens (tertiary/aromatic N) is 2. The molecule has 1 aliphatic heterocycles. The normalized spacial score (nSPS) is 19.1. The molecule has 0 atom stereocenters. The van der Waals surface area contributed by atoms with Crippen LogP contribution in [0.2, 0.25) is 0 Å². The summed E-state index contributed by atoms with van der Waals surface area (Å²) in [6, 6.07) is 3.91. The molecule has 0 unspecified atom stereocenters. The van der Waals surface area contributed by atoms with Crippen molar-refractivity contribution in [3.8, 4) is 0 Å². The van der Waals surface area contributed by atoms with Gasteiger partial charge in [0, 0.05) is 19.0 Å². The molecule has 2 heterocycles. The molecule has 76 valence electrons. The minimum Gasteiger partial charge on any atom is -0.260 e. The fourth-order valence-electron chi connectivity index (χ4n) is 1.33. The standard InChI is InChI=1S/C8H12N4OS/c1-11-8(13)12(2)10-7(9-11)6-4-3-5-14-6/h3-5,7,9-10H,1-2H3. The summed E-state index contributed by atoms with van der Waals surface area (Å²) in [7, 11) is 3.42. The van der Waals surface area contributed by atoms with Gasteiger partial charge < -0.3 is 0 Å². The lowest BCUT2D eigenvalue weighted by Gasteiger charge is -2.37. The van der Waals surface area contributed by atoms with Gasteiger partial charge in [0.1, 0.15) is 6.17 Å². The maximum Gasteiger partial charge on any atom is 0.348 e. The van der Waals surface area contributed by atoms with E-state index in [0.717, 1.165) is 4.88 Å². The number of rotatable bonds is 1. The van der Waals surface area contributed by atoms with Crippen LogP contribution in [0.25, 0.3) is 0 Å². The molecule has 1 fully saturated rings. The molecule has 2 N–H and O–H groups in total. The average molecular weight is 212 g/mol. The van der Waals surface area contributed by atoms with Gasteiger partial charge >= 0.3 is 6.03 Å². The van der Waals surface area contributed by atoms with Gasteiger partial charge in [0.2, 0.25) is 0 Å². The summed E-state index contributed by atoms with van der Waals surface area (Å²) >= 11 is 1.65. The highest BCUT2D eigenvalue weighted by Crippen LogP contribution is 2.19. The number of carbonyl (C=O) groups is 1. The van der Waals surface area contributed by atoms with Crippen LogP contribution in [-0.4, -0.2) is 30.1 Å². The van der Waals surface area contributed by atoms with E-state index in [1.54, 1.807) is 25.4 Å². The van der Waals surface area contributed by atoms with Crippen molar-refractivity contribution in [2.24, 2.45) is 0 Å². The molecule has 1 aromatic heterocycles. The number of nitrogens with one attached hydrogen (secondary N) is 2. The SMILES string of the molecule is CN1NC(c2cccs2)NN(C)C1=O. The molecular weight excluding hydrogens is 200 g/mol. The van der Waals surface area contributed by atoms with Crippen LogP contribution in [0.5, 0.6) is 0 Å². The Bertz CT molecular complexity index is 312. The van der Waals surface area contributed by atoms with Crippen LogP contribution in [0.4, 0.5) is 4.79 Å². The van der Waals surface area contributed by atoms with Crippen LogP contribution in [0.3, 0.4) is 0 Å². The molecule has 0 aromatic carbocycles. The van der Waals surface area contributed by atoms with Crippen LogP contribution in [0.15, 0.2) is 17.5 Å². The molecule has 2 amide bonds. The van der Waals surface area contributed by atoms with Crippen molar-refractivity contribution in [1.29, 1.82) is 0 Å². The summed E-state index contributed by atoms with van der Waals surface area (Å²) in [4.78, 5) is 12.5. The molecule has 1 saturated heterocycles. The predicted octanol–water partition coefficient (Wildman–Crippen LogP) is 0.753. The summed E-state index contributed by atoms with van der Waals surface area (Å²) in [5.41, 5.74) is 6.08. The Morgan fingerprint density at radius 2 is 2.00 bits per heavy atom. The Morgan fingerprint density at radius 1 is 1.36 bits per heavy atom. The number of amides is 2. The molecule has 1 aliphatic rings. The van der Waals surface area contributed by atoms with Crippen molar-refractivity contribution in [3.05, 3.63) is 22.4 Å². The largest absolute Gasteiger partial charge is 0.348 e. The van der Waals surface area contributed by atoms with E-state index in [1.165, 1.54) is 10.0 Å². The number of hydrogen-bond acceptors (Lipinski definition) is 4.